The van der Waals surface area contributed by atoms with Crippen LogP contribution in [0, 0.1) is 11.3 Å². The van der Waals surface area contributed by atoms with Crippen LogP contribution in [0.4, 0.5) is 0 Å². The van der Waals surface area contributed by atoms with Crippen LogP contribution in [0.3, 0.4) is 0 Å². The summed E-state index contributed by atoms with van der Waals surface area (Å²) in [6, 6.07) is 1.86. The largest absolute Gasteiger partial charge is 0.462 e. The molecular formula is C10H14N2O2. The van der Waals surface area contributed by atoms with Gasteiger partial charge in [0.1, 0.15) is 6.07 Å². The zero-order valence-electron chi connectivity index (χ0n) is 8.32. The molecule has 0 saturated carbocycles. The second-order valence-corrected chi connectivity index (χ2v) is 3.12. The van der Waals surface area contributed by atoms with Crippen LogP contribution in [0.25, 0.3) is 0 Å². The molecule has 1 saturated heterocycles. The number of rotatable bonds is 3. The Morgan fingerprint density at radius 2 is 2.21 bits per heavy atom. The van der Waals surface area contributed by atoms with Gasteiger partial charge < -0.3 is 9.64 Å². The standard InChI is InChI=1S/C10H14N2O2/c1-2-14-10(13)9(7-11)8-12-5-3-4-6-12/h8H,2-6H2,1H3. The van der Waals surface area contributed by atoms with E-state index in [0.717, 1.165) is 25.9 Å². The molecule has 0 aromatic heterocycles. The molecule has 0 amide bonds. The van der Waals surface area contributed by atoms with Gasteiger partial charge in [0.25, 0.3) is 0 Å². The molecule has 0 aromatic rings. The van der Waals surface area contributed by atoms with Crippen molar-refractivity contribution in [3.8, 4) is 6.07 Å². The van der Waals surface area contributed by atoms with Gasteiger partial charge in [-0.25, -0.2) is 4.79 Å². The number of carbonyl (C=O) groups is 1. The lowest BCUT2D eigenvalue weighted by Gasteiger charge is -2.11. The van der Waals surface area contributed by atoms with E-state index in [2.05, 4.69) is 0 Å². The number of carbonyl (C=O) groups excluding carboxylic acids is 1. The van der Waals surface area contributed by atoms with E-state index in [9.17, 15) is 4.79 Å². The molecule has 0 bridgehead atoms. The first kappa shape index (κ1) is 10.6. The Labute approximate surface area is 83.8 Å². The summed E-state index contributed by atoms with van der Waals surface area (Å²) in [5.74, 6) is -0.526. The summed E-state index contributed by atoms with van der Waals surface area (Å²) < 4.78 is 4.75. The summed E-state index contributed by atoms with van der Waals surface area (Å²) in [5, 5.41) is 8.74. The maximum atomic E-state index is 11.2. The van der Waals surface area contributed by atoms with Gasteiger partial charge in [0.05, 0.1) is 6.61 Å². The summed E-state index contributed by atoms with van der Waals surface area (Å²) in [6.45, 7) is 3.87. The highest BCUT2D eigenvalue weighted by Gasteiger charge is 2.14. The summed E-state index contributed by atoms with van der Waals surface area (Å²) in [7, 11) is 0. The second-order valence-electron chi connectivity index (χ2n) is 3.12. The maximum Gasteiger partial charge on any atom is 0.350 e. The minimum atomic E-state index is -0.526. The van der Waals surface area contributed by atoms with Crippen molar-refractivity contribution < 1.29 is 9.53 Å². The van der Waals surface area contributed by atoms with Gasteiger partial charge in [0.15, 0.2) is 5.57 Å². The number of nitrogens with zero attached hydrogens (tertiary/aromatic N) is 2. The number of likely N-dealkylation sites (tertiary alicyclic amines) is 1. The van der Waals surface area contributed by atoms with E-state index in [-0.39, 0.29) is 5.57 Å². The van der Waals surface area contributed by atoms with Gasteiger partial charge >= 0.3 is 5.97 Å². The lowest BCUT2D eigenvalue weighted by Crippen LogP contribution is -2.15. The van der Waals surface area contributed by atoms with Crippen LogP contribution in [-0.2, 0) is 9.53 Å². The Morgan fingerprint density at radius 1 is 1.57 bits per heavy atom. The third-order valence-corrected chi connectivity index (χ3v) is 2.07. The van der Waals surface area contributed by atoms with Crippen molar-refractivity contribution in [3.05, 3.63) is 11.8 Å². The fourth-order valence-electron chi connectivity index (χ4n) is 1.39. The van der Waals surface area contributed by atoms with Crippen molar-refractivity contribution in [2.24, 2.45) is 0 Å². The molecule has 14 heavy (non-hydrogen) atoms. The van der Waals surface area contributed by atoms with E-state index in [0.29, 0.717) is 6.61 Å². The quantitative estimate of drug-likeness (QED) is 0.383. The molecule has 0 spiro atoms. The topological polar surface area (TPSA) is 53.3 Å². The van der Waals surface area contributed by atoms with E-state index in [1.54, 1.807) is 13.1 Å². The van der Waals surface area contributed by atoms with Gasteiger partial charge in [-0.1, -0.05) is 0 Å². The van der Waals surface area contributed by atoms with Crippen LogP contribution in [-0.4, -0.2) is 30.6 Å². The lowest BCUT2D eigenvalue weighted by molar-refractivity contribution is -0.138. The normalized spacial score (nSPS) is 16.6. The van der Waals surface area contributed by atoms with Crippen molar-refractivity contribution in [1.82, 2.24) is 4.90 Å². The van der Waals surface area contributed by atoms with Crippen molar-refractivity contribution in [2.45, 2.75) is 19.8 Å². The monoisotopic (exact) mass is 194 g/mol. The minimum absolute atomic E-state index is 0.0914. The first-order valence-electron chi connectivity index (χ1n) is 4.81. The molecule has 0 radical (unpaired) electrons. The molecule has 76 valence electrons. The van der Waals surface area contributed by atoms with Gasteiger partial charge in [-0.3, -0.25) is 0 Å². The van der Waals surface area contributed by atoms with Gasteiger partial charge in [-0.15, -0.1) is 0 Å². The highest BCUT2D eigenvalue weighted by atomic mass is 16.5. The van der Waals surface area contributed by atoms with E-state index >= 15 is 0 Å². The Balaban J connectivity index is 2.60. The first-order valence-corrected chi connectivity index (χ1v) is 4.81. The summed E-state index contributed by atoms with van der Waals surface area (Å²) in [6.07, 6.45) is 3.85. The molecule has 1 rings (SSSR count). The average molecular weight is 194 g/mol. The van der Waals surface area contributed by atoms with E-state index in [1.807, 2.05) is 11.0 Å². The van der Waals surface area contributed by atoms with Crippen LogP contribution in [0.1, 0.15) is 19.8 Å². The van der Waals surface area contributed by atoms with Crippen molar-refractivity contribution in [1.29, 1.82) is 5.26 Å². The molecule has 0 aromatic carbocycles. The van der Waals surface area contributed by atoms with Gasteiger partial charge in [0, 0.05) is 19.3 Å². The third kappa shape index (κ3) is 2.77. The highest BCUT2D eigenvalue weighted by molar-refractivity contribution is 5.92. The van der Waals surface area contributed by atoms with Crippen LogP contribution >= 0.6 is 0 Å². The molecular weight excluding hydrogens is 180 g/mol. The van der Waals surface area contributed by atoms with Crippen LogP contribution in [0.15, 0.2) is 11.8 Å². The van der Waals surface area contributed by atoms with Crippen molar-refractivity contribution in [3.63, 3.8) is 0 Å². The number of nitriles is 1. The Kier molecular flexibility index (Phi) is 3.99. The molecule has 0 N–H and O–H groups in total. The number of ether oxygens (including phenoxy) is 1. The Morgan fingerprint density at radius 3 is 2.71 bits per heavy atom. The van der Waals surface area contributed by atoms with Crippen LogP contribution in [0.2, 0.25) is 0 Å². The maximum absolute atomic E-state index is 11.2. The van der Waals surface area contributed by atoms with E-state index in [1.165, 1.54) is 0 Å². The third-order valence-electron chi connectivity index (χ3n) is 2.07. The van der Waals surface area contributed by atoms with Gasteiger partial charge in [0.2, 0.25) is 0 Å². The van der Waals surface area contributed by atoms with Gasteiger partial charge in [-0.05, 0) is 19.8 Å². The van der Waals surface area contributed by atoms with E-state index < -0.39 is 5.97 Å². The molecule has 0 aliphatic carbocycles. The first-order chi connectivity index (χ1) is 6.77. The summed E-state index contributed by atoms with van der Waals surface area (Å²) in [5.41, 5.74) is 0.0914. The molecule has 0 unspecified atom stereocenters. The number of hydrogen-bond donors (Lipinski definition) is 0. The number of esters is 1. The van der Waals surface area contributed by atoms with Crippen molar-refractivity contribution >= 4 is 5.97 Å². The molecule has 1 aliphatic rings. The molecule has 4 heteroatoms. The molecule has 1 fully saturated rings. The predicted octanol–water partition coefficient (Wildman–Crippen LogP) is 1.05. The molecule has 4 nitrogen and oxygen atoms in total. The predicted molar refractivity (Wildman–Crippen MR) is 51.1 cm³/mol. The smallest absolute Gasteiger partial charge is 0.350 e. The highest BCUT2D eigenvalue weighted by Crippen LogP contribution is 2.10. The fourth-order valence-corrected chi connectivity index (χ4v) is 1.39. The Hall–Kier alpha value is -1.50. The molecule has 0 atom stereocenters. The van der Waals surface area contributed by atoms with Crippen LogP contribution < -0.4 is 0 Å². The van der Waals surface area contributed by atoms with Gasteiger partial charge in [-0.2, -0.15) is 5.26 Å². The SMILES string of the molecule is CCOC(=O)C(C#N)=CN1CCCC1. The molecule has 1 aliphatic heterocycles. The minimum Gasteiger partial charge on any atom is -0.462 e. The summed E-state index contributed by atoms with van der Waals surface area (Å²) >= 11 is 0. The summed E-state index contributed by atoms with van der Waals surface area (Å²) in [4.78, 5) is 13.2. The average Bonchev–Trinajstić information content (AvgIpc) is 2.66. The van der Waals surface area contributed by atoms with E-state index in [4.69, 9.17) is 10.00 Å². The number of hydrogen-bond acceptors (Lipinski definition) is 4. The Bertz CT molecular complexity index is 272. The lowest BCUT2D eigenvalue weighted by atomic mass is 10.3. The molecule has 1 heterocycles. The fraction of sp³-hybridized carbons (Fsp3) is 0.600. The zero-order chi connectivity index (χ0) is 10.4. The van der Waals surface area contributed by atoms with Crippen LogP contribution in [0.5, 0.6) is 0 Å². The van der Waals surface area contributed by atoms with Crippen molar-refractivity contribution in [2.75, 3.05) is 19.7 Å². The second kappa shape index (κ2) is 5.28. The zero-order valence-corrected chi connectivity index (χ0v) is 8.32.